The molecule has 0 aliphatic heterocycles. The summed E-state index contributed by atoms with van der Waals surface area (Å²) < 4.78 is 0. The van der Waals surface area contributed by atoms with Gasteiger partial charge >= 0.3 is 0 Å². The third-order valence-electron chi connectivity index (χ3n) is 1.62. The zero-order valence-corrected chi connectivity index (χ0v) is 9.26. The van der Waals surface area contributed by atoms with Crippen LogP contribution in [0.25, 0.3) is 0 Å². The van der Waals surface area contributed by atoms with Gasteiger partial charge in [-0.15, -0.1) is 11.3 Å². The lowest BCUT2D eigenvalue weighted by Gasteiger charge is -2.00. The van der Waals surface area contributed by atoms with Crippen LogP contribution in [-0.2, 0) is 4.79 Å². The van der Waals surface area contributed by atoms with Crippen LogP contribution in [0.5, 0.6) is 0 Å². The van der Waals surface area contributed by atoms with E-state index < -0.39 is 5.91 Å². The molecule has 0 unspecified atom stereocenters. The molecule has 84 valence electrons. The van der Waals surface area contributed by atoms with E-state index in [0.717, 1.165) is 0 Å². The van der Waals surface area contributed by atoms with E-state index in [1.165, 1.54) is 11.3 Å². The van der Waals surface area contributed by atoms with Gasteiger partial charge in [-0.2, -0.15) is 0 Å². The Hall–Kier alpha value is -1.84. The van der Waals surface area contributed by atoms with Gasteiger partial charge in [-0.25, -0.2) is 0 Å². The molecular formula is C10H11N3O2S. The normalized spacial score (nSPS) is 9.06. The molecule has 1 aromatic rings. The molecule has 0 aliphatic carbocycles. The predicted molar refractivity (Wildman–Crippen MR) is 61.8 cm³/mol. The van der Waals surface area contributed by atoms with Crippen molar-refractivity contribution >= 4 is 23.2 Å². The van der Waals surface area contributed by atoms with E-state index in [4.69, 9.17) is 11.5 Å². The Kier molecular flexibility index (Phi) is 4.51. The third kappa shape index (κ3) is 3.38. The molecule has 0 radical (unpaired) electrons. The molecule has 5 N–H and O–H groups in total. The van der Waals surface area contributed by atoms with Gasteiger partial charge in [0.15, 0.2) is 0 Å². The van der Waals surface area contributed by atoms with E-state index in [-0.39, 0.29) is 19.0 Å². The van der Waals surface area contributed by atoms with E-state index in [2.05, 4.69) is 17.2 Å². The Morgan fingerprint density at radius 1 is 1.50 bits per heavy atom. The molecule has 0 fully saturated rings. The first kappa shape index (κ1) is 12.2. The van der Waals surface area contributed by atoms with Crippen LogP contribution < -0.4 is 16.8 Å². The quantitative estimate of drug-likeness (QED) is 0.605. The van der Waals surface area contributed by atoms with E-state index >= 15 is 0 Å². The van der Waals surface area contributed by atoms with Crippen LogP contribution in [-0.4, -0.2) is 24.9 Å². The van der Waals surface area contributed by atoms with Gasteiger partial charge in [-0.05, 0) is 11.4 Å². The van der Waals surface area contributed by atoms with Crippen molar-refractivity contribution in [3.8, 4) is 11.8 Å². The average molecular weight is 237 g/mol. The monoisotopic (exact) mass is 237 g/mol. The Morgan fingerprint density at radius 3 is 2.88 bits per heavy atom. The maximum Gasteiger partial charge on any atom is 0.263 e. The van der Waals surface area contributed by atoms with Crippen molar-refractivity contribution in [3.05, 3.63) is 21.9 Å². The van der Waals surface area contributed by atoms with Crippen LogP contribution in [0.15, 0.2) is 11.4 Å². The highest BCUT2D eigenvalue weighted by Gasteiger charge is 2.11. The SMILES string of the molecule is NCC#Cc1ccsc1C(=O)NCC(N)=O. The topological polar surface area (TPSA) is 98.2 Å². The van der Waals surface area contributed by atoms with Gasteiger partial charge < -0.3 is 16.8 Å². The summed E-state index contributed by atoms with van der Waals surface area (Å²) in [4.78, 5) is 22.5. The lowest BCUT2D eigenvalue weighted by molar-refractivity contribution is -0.117. The minimum absolute atomic E-state index is 0.180. The highest BCUT2D eigenvalue weighted by Crippen LogP contribution is 2.15. The second kappa shape index (κ2) is 5.90. The summed E-state index contributed by atoms with van der Waals surface area (Å²) in [7, 11) is 0. The van der Waals surface area contributed by atoms with Crippen LogP contribution in [0.3, 0.4) is 0 Å². The zero-order chi connectivity index (χ0) is 12.0. The maximum absolute atomic E-state index is 11.6. The van der Waals surface area contributed by atoms with E-state index in [1.54, 1.807) is 11.4 Å². The third-order valence-corrected chi connectivity index (χ3v) is 2.53. The van der Waals surface area contributed by atoms with Gasteiger partial charge in [0.2, 0.25) is 5.91 Å². The standard InChI is InChI=1S/C10H11N3O2S/c11-4-1-2-7-3-5-16-9(7)10(15)13-6-8(12)14/h3,5H,4,6,11H2,(H2,12,14)(H,13,15). The average Bonchev–Trinajstić information content (AvgIpc) is 2.71. The molecule has 16 heavy (non-hydrogen) atoms. The summed E-state index contributed by atoms with van der Waals surface area (Å²) in [5.74, 6) is 4.51. The number of primary amides is 1. The van der Waals surface area contributed by atoms with Crippen molar-refractivity contribution < 1.29 is 9.59 Å². The summed E-state index contributed by atoms with van der Waals surface area (Å²) in [6.07, 6.45) is 0. The first-order valence-electron chi connectivity index (χ1n) is 4.48. The molecule has 0 spiro atoms. The summed E-state index contributed by atoms with van der Waals surface area (Å²) in [5.41, 5.74) is 10.8. The number of amides is 2. The molecule has 0 saturated heterocycles. The van der Waals surface area contributed by atoms with E-state index in [0.29, 0.717) is 10.4 Å². The van der Waals surface area contributed by atoms with Gasteiger partial charge in [-0.3, -0.25) is 9.59 Å². The fourth-order valence-corrected chi connectivity index (χ4v) is 1.74. The van der Waals surface area contributed by atoms with Crippen LogP contribution in [0.2, 0.25) is 0 Å². The Balaban J connectivity index is 2.75. The van der Waals surface area contributed by atoms with E-state index in [9.17, 15) is 9.59 Å². The van der Waals surface area contributed by atoms with Crippen molar-refractivity contribution in [1.29, 1.82) is 0 Å². The lowest BCUT2D eigenvalue weighted by Crippen LogP contribution is -2.33. The van der Waals surface area contributed by atoms with Crippen LogP contribution >= 0.6 is 11.3 Å². The molecule has 2 amide bonds. The largest absolute Gasteiger partial charge is 0.368 e. The molecule has 0 aliphatic rings. The molecule has 5 nitrogen and oxygen atoms in total. The van der Waals surface area contributed by atoms with Gasteiger partial charge in [0, 0.05) is 5.56 Å². The molecular weight excluding hydrogens is 226 g/mol. The highest BCUT2D eigenvalue weighted by molar-refractivity contribution is 7.12. The molecule has 6 heteroatoms. The first-order valence-corrected chi connectivity index (χ1v) is 5.36. The summed E-state index contributed by atoms with van der Waals surface area (Å²) in [5, 5.41) is 4.15. The second-order valence-electron chi connectivity index (χ2n) is 2.82. The number of carbonyl (C=O) groups excluding carboxylic acids is 2. The van der Waals surface area contributed by atoms with Gasteiger partial charge in [0.1, 0.15) is 4.88 Å². The number of hydrogen-bond acceptors (Lipinski definition) is 4. The number of carbonyl (C=O) groups is 2. The number of rotatable bonds is 3. The fourth-order valence-electron chi connectivity index (χ4n) is 0.977. The molecule has 1 heterocycles. The molecule has 0 bridgehead atoms. The van der Waals surface area contributed by atoms with Crippen molar-refractivity contribution in [3.63, 3.8) is 0 Å². The lowest BCUT2D eigenvalue weighted by atomic mass is 10.2. The Morgan fingerprint density at radius 2 is 2.25 bits per heavy atom. The van der Waals surface area contributed by atoms with Crippen LogP contribution in [0.1, 0.15) is 15.2 Å². The van der Waals surface area contributed by atoms with Crippen LogP contribution in [0.4, 0.5) is 0 Å². The van der Waals surface area contributed by atoms with Crippen molar-refractivity contribution in [2.24, 2.45) is 11.5 Å². The van der Waals surface area contributed by atoms with Gasteiger partial charge in [-0.1, -0.05) is 11.8 Å². The smallest absolute Gasteiger partial charge is 0.263 e. The van der Waals surface area contributed by atoms with Crippen molar-refractivity contribution in [1.82, 2.24) is 5.32 Å². The maximum atomic E-state index is 11.6. The molecule has 1 rings (SSSR count). The number of nitrogens with one attached hydrogen (secondary N) is 1. The van der Waals surface area contributed by atoms with Crippen LogP contribution in [0, 0.1) is 11.8 Å². The van der Waals surface area contributed by atoms with Gasteiger partial charge in [0.25, 0.3) is 5.91 Å². The Labute approximate surface area is 96.8 Å². The highest BCUT2D eigenvalue weighted by atomic mass is 32.1. The Bertz CT molecular complexity index is 456. The number of thiophene rings is 1. The minimum Gasteiger partial charge on any atom is -0.368 e. The summed E-state index contributed by atoms with van der Waals surface area (Å²) in [6.45, 7) is 0.0542. The summed E-state index contributed by atoms with van der Waals surface area (Å²) >= 11 is 1.25. The van der Waals surface area contributed by atoms with Crippen molar-refractivity contribution in [2.75, 3.05) is 13.1 Å². The number of nitrogens with two attached hydrogens (primary N) is 2. The number of hydrogen-bond donors (Lipinski definition) is 3. The fraction of sp³-hybridized carbons (Fsp3) is 0.200. The first-order chi connectivity index (χ1) is 7.65. The minimum atomic E-state index is -0.584. The molecule has 0 aromatic carbocycles. The molecule has 1 aromatic heterocycles. The molecule has 0 atom stereocenters. The summed E-state index contributed by atoms with van der Waals surface area (Å²) in [6, 6.07) is 1.73. The van der Waals surface area contributed by atoms with Gasteiger partial charge in [0.05, 0.1) is 13.1 Å². The second-order valence-corrected chi connectivity index (χ2v) is 3.73. The van der Waals surface area contributed by atoms with E-state index in [1.807, 2.05) is 0 Å². The molecule has 0 saturated carbocycles. The zero-order valence-electron chi connectivity index (χ0n) is 8.45. The van der Waals surface area contributed by atoms with Crippen molar-refractivity contribution in [2.45, 2.75) is 0 Å². The predicted octanol–water partition coefficient (Wildman–Crippen LogP) is -0.727.